The van der Waals surface area contributed by atoms with Crippen molar-refractivity contribution < 1.29 is 5.11 Å². The average molecular weight is 270 g/mol. The Hall–Kier alpha value is -1.40. The fraction of sp³-hybridized carbons (Fsp3) is 0.545. The molecule has 6 nitrogen and oxygen atoms in total. The third-order valence-corrected chi connectivity index (χ3v) is 3.35. The smallest absolute Gasteiger partial charge is 0.132 e. The maximum Gasteiger partial charge on any atom is 0.132 e. The van der Waals surface area contributed by atoms with Crippen LogP contribution in [0, 0.1) is 6.92 Å². The van der Waals surface area contributed by atoms with Gasteiger partial charge in [-0.3, -0.25) is 4.68 Å². The van der Waals surface area contributed by atoms with Crippen LogP contribution in [0.1, 0.15) is 36.4 Å². The molecule has 2 rings (SSSR count). The Kier molecular flexibility index (Phi) is 3.68. The number of hydrogen-bond acceptors (Lipinski definition) is 4. The van der Waals surface area contributed by atoms with Gasteiger partial charge >= 0.3 is 0 Å². The van der Waals surface area contributed by atoms with Crippen molar-refractivity contribution in [1.29, 1.82) is 0 Å². The van der Waals surface area contributed by atoms with Crippen LogP contribution in [0.2, 0.25) is 5.15 Å². The highest BCUT2D eigenvalue weighted by atomic mass is 35.5. The van der Waals surface area contributed by atoms with E-state index in [-0.39, 0.29) is 0 Å². The molecule has 0 aromatic carbocycles. The maximum atomic E-state index is 9.66. The monoisotopic (exact) mass is 269 g/mol. The van der Waals surface area contributed by atoms with E-state index in [0.717, 1.165) is 11.3 Å². The van der Waals surface area contributed by atoms with Crippen LogP contribution in [0.3, 0.4) is 0 Å². The van der Waals surface area contributed by atoms with E-state index < -0.39 is 6.10 Å². The molecule has 98 valence electrons. The first kappa shape index (κ1) is 13.0. The van der Waals surface area contributed by atoms with Crippen LogP contribution in [-0.2, 0) is 13.6 Å². The van der Waals surface area contributed by atoms with Gasteiger partial charge in [0.15, 0.2) is 0 Å². The van der Waals surface area contributed by atoms with E-state index in [0.29, 0.717) is 23.8 Å². The molecule has 1 N–H and O–H groups in total. The summed E-state index contributed by atoms with van der Waals surface area (Å²) in [6.45, 7) is 4.30. The van der Waals surface area contributed by atoms with E-state index in [1.54, 1.807) is 22.6 Å². The lowest BCUT2D eigenvalue weighted by Crippen LogP contribution is -2.02. The van der Waals surface area contributed by atoms with Crippen LogP contribution in [0.5, 0.6) is 0 Å². The highest BCUT2D eigenvalue weighted by molar-refractivity contribution is 6.30. The molecule has 2 heterocycles. The zero-order valence-corrected chi connectivity index (χ0v) is 11.4. The van der Waals surface area contributed by atoms with Gasteiger partial charge in [0.1, 0.15) is 10.8 Å². The van der Waals surface area contributed by atoms with Crippen molar-refractivity contribution in [2.75, 3.05) is 0 Å². The number of halogens is 1. The molecule has 0 fully saturated rings. The van der Waals surface area contributed by atoms with E-state index >= 15 is 0 Å². The Morgan fingerprint density at radius 3 is 2.78 bits per heavy atom. The lowest BCUT2D eigenvalue weighted by molar-refractivity contribution is 0.168. The molecule has 0 radical (unpaired) electrons. The maximum absolute atomic E-state index is 9.66. The minimum atomic E-state index is -0.566. The van der Waals surface area contributed by atoms with Gasteiger partial charge < -0.3 is 5.11 Å². The summed E-state index contributed by atoms with van der Waals surface area (Å²) >= 11 is 6.15. The van der Waals surface area contributed by atoms with Gasteiger partial charge in [0, 0.05) is 12.6 Å². The summed E-state index contributed by atoms with van der Waals surface area (Å²) in [7, 11) is 1.80. The Balaban J connectivity index is 2.21. The van der Waals surface area contributed by atoms with Gasteiger partial charge in [0.05, 0.1) is 24.5 Å². The summed E-state index contributed by atoms with van der Waals surface area (Å²) < 4.78 is 3.29. The minimum Gasteiger partial charge on any atom is -0.387 e. The molecule has 0 spiro atoms. The molecule has 1 atom stereocenters. The second-order valence-corrected chi connectivity index (χ2v) is 4.60. The number of nitrogens with zero attached hydrogens (tertiary/aromatic N) is 5. The molecular weight excluding hydrogens is 254 g/mol. The number of aromatic nitrogens is 5. The summed E-state index contributed by atoms with van der Waals surface area (Å²) in [4.78, 5) is 0. The first-order valence-electron chi connectivity index (χ1n) is 5.79. The highest BCUT2D eigenvalue weighted by Crippen LogP contribution is 2.20. The lowest BCUT2D eigenvalue weighted by Gasteiger charge is -2.01. The Morgan fingerprint density at radius 2 is 2.22 bits per heavy atom. The SMILES string of the molecule is CCC(O)c1cn(Cc2c(C)nn(C)c2Cl)nn1. The fourth-order valence-corrected chi connectivity index (χ4v) is 2.00. The zero-order chi connectivity index (χ0) is 13.3. The second kappa shape index (κ2) is 5.07. The first-order valence-corrected chi connectivity index (χ1v) is 6.16. The first-order chi connectivity index (χ1) is 8.52. The van der Waals surface area contributed by atoms with Gasteiger partial charge in [0.2, 0.25) is 0 Å². The molecule has 0 aliphatic rings. The van der Waals surface area contributed by atoms with Gasteiger partial charge in [-0.1, -0.05) is 23.7 Å². The van der Waals surface area contributed by atoms with Gasteiger partial charge in [-0.2, -0.15) is 5.10 Å². The summed E-state index contributed by atoms with van der Waals surface area (Å²) in [5.74, 6) is 0. The molecule has 18 heavy (non-hydrogen) atoms. The van der Waals surface area contributed by atoms with Gasteiger partial charge in [0.25, 0.3) is 0 Å². The molecule has 2 aromatic rings. The van der Waals surface area contributed by atoms with Crippen molar-refractivity contribution in [2.24, 2.45) is 7.05 Å². The van der Waals surface area contributed by atoms with Gasteiger partial charge in [-0.05, 0) is 13.3 Å². The van der Waals surface area contributed by atoms with Crippen LogP contribution in [0.25, 0.3) is 0 Å². The number of aliphatic hydroxyl groups is 1. The quantitative estimate of drug-likeness (QED) is 0.912. The van der Waals surface area contributed by atoms with E-state index in [1.165, 1.54) is 0 Å². The molecular formula is C11H16ClN5O. The van der Waals surface area contributed by atoms with E-state index in [4.69, 9.17) is 11.6 Å². The van der Waals surface area contributed by atoms with E-state index in [2.05, 4.69) is 15.4 Å². The third kappa shape index (κ3) is 2.39. The molecule has 7 heteroatoms. The number of hydrogen-bond donors (Lipinski definition) is 1. The Bertz CT molecular complexity index is 548. The molecule has 0 amide bonds. The van der Waals surface area contributed by atoms with Crippen molar-refractivity contribution in [2.45, 2.75) is 32.9 Å². The number of aryl methyl sites for hydroxylation is 2. The molecule has 2 aromatic heterocycles. The number of aliphatic hydroxyl groups excluding tert-OH is 1. The molecule has 0 saturated heterocycles. The third-order valence-electron chi connectivity index (χ3n) is 2.87. The zero-order valence-electron chi connectivity index (χ0n) is 10.6. The summed E-state index contributed by atoms with van der Waals surface area (Å²) in [6.07, 6.45) is 1.78. The summed E-state index contributed by atoms with van der Waals surface area (Å²) in [6, 6.07) is 0. The molecule has 1 unspecified atom stereocenters. The van der Waals surface area contributed by atoms with Gasteiger partial charge in [-0.25, -0.2) is 4.68 Å². The van der Waals surface area contributed by atoms with Crippen molar-refractivity contribution in [3.8, 4) is 0 Å². The summed E-state index contributed by atoms with van der Waals surface area (Å²) in [5, 5.41) is 22.4. The average Bonchev–Trinajstić information content (AvgIpc) is 2.90. The predicted molar refractivity (Wildman–Crippen MR) is 67.3 cm³/mol. The fourth-order valence-electron chi connectivity index (χ4n) is 1.77. The molecule has 0 aliphatic carbocycles. The topological polar surface area (TPSA) is 68.8 Å². The standard InChI is InChI=1S/C11H16ClN5O/c1-4-10(18)9-6-17(15-13-9)5-8-7(2)14-16(3)11(8)12/h6,10,18H,4-5H2,1-3H3. The summed E-state index contributed by atoms with van der Waals surface area (Å²) in [5.41, 5.74) is 2.37. The largest absolute Gasteiger partial charge is 0.387 e. The van der Waals surface area contributed by atoms with Gasteiger partial charge in [-0.15, -0.1) is 5.10 Å². The van der Waals surface area contributed by atoms with Crippen LogP contribution in [0.15, 0.2) is 6.20 Å². The Labute approximate surface area is 110 Å². The van der Waals surface area contributed by atoms with E-state index in [1.807, 2.05) is 13.8 Å². The molecule has 0 aliphatic heterocycles. The van der Waals surface area contributed by atoms with Crippen LogP contribution >= 0.6 is 11.6 Å². The molecule has 0 saturated carbocycles. The molecule has 0 bridgehead atoms. The highest BCUT2D eigenvalue weighted by Gasteiger charge is 2.14. The van der Waals surface area contributed by atoms with Crippen molar-refractivity contribution >= 4 is 11.6 Å². The lowest BCUT2D eigenvalue weighted by atomic mass is 10.2. The van der Waals surface area contributed by atoms with Crippen LogP contribution in [-0.4, -0.2) is 29.9 Å². The predicted octanol–water partition coefficient (Wildman–Crippen LogP) is 1.47. The van der Waals surface area contributed by atoms with Crippen LogP contribution in [0.4, 0.5) is 0 Å². The van der Waals surface area contributed by atoms with E-state index in [9.17, 15) is 5.11 Å². The van der Waals surface area contributed by atoms with Crippen molar-refractivity contribution in [3.63, 3.8) is 0 Å². The van der Waals surface area contributed by atoms with Crippen molar-refractivity contribution in [3.05, 3.63) is 28.3 Å². The second-order valence-electron chi connectivity index (χ2n) is 4.24. The number of rotatable bonds is 4. The van der Waals surface area contributed by atoms with Crippen LogP contribution < -0.4 is 0 Å². The van der Waals surface area contributed by atoms with Crippen molar-refractivity contribution in [1.82, 2.24) is 24.8 Å². The Morgan fingerprint density at radius 1 is 1.50 bits per heavy atom. The normalized spacial score (nSPS) is 12.9. The minimum absolute atomic E-state index is 0.502.